The van der Waals surface area contributed by atoms with E-state index >= 15 is 0 Å². The fourth-order valence-electron chi connectivity index (χ4n) is 11.4. The summed E-state index contributed by atoms with van der Waals surface area (Å²) in [7, 11) is -10.4. The zero-order valence-corrected chi connectivity index (χ0v) is 38.5. The van der Waals surface area contributed by atoms with Crippen LogP contribution in [0.4, 0.5) is 0 Å². The van der Waals surface area contributed by atoms with Gasteiger partial charge in [0.25, 0.3) is 0 Å². The maximum absolute atomic E-state index is 5.09. The number of rotatable bonds is 11. The molecule has 0 N–H and O–H groups in total. The van der Waals surface area contributed by atoms with Crippen LogP contribution in [-0.2, 0) is 0 Å². The Morgan fingerprint density at radius 2 is 0.625 bits per heavy atom. The van der Waals surface area contributed by atoms with Crippen molar-refractivity contribution < 1.29 is 0 Å². The SMILES string of the molecule is c1ccc([Si](c2ccccc2)(c2ccccc2)[Si](c2ccccc2)(c2ccccc2)[Si](c2ccccc2)(c2ccccc2)c2cccc(-n3c4ccccc4c4cccnc43)c2)cc1. The largest absolute Gasteiger partial charge is 0.294 e. The van der Waals surface area contributed by atoms with E-state index in [1.807, 2.05) is 6.20 Å². The molecule has 0 saturated heterocycles. The molecule has 304 valence electrons. The molecule has 0 amide bonds. The van der Waals surface area contributed by atoms with Gasteiger partial charge in [-0.1, -0.05) is 279 Å². The predicted octanol–water partition coefficient (Wildman–Crippen LogP) is 8.24. The van der Waals surface area contributed by atoms with Gasteiger partial charge in [0.1, 0.15) is 27.9 Å². The van der Waals surface area contributed by atoms with Crippen molar-refractivity contribution in [3.05, 3.63) is 279 Å². The van der Waals surface area contributed by atoms with Crippen LogP contribution in [0.3, 0.4) is 0 Å². The minimum atomic E-state index is -3.51. The van der Waals surface area contributed by atoms with Crippen LogP contribution in [0.1, 0.15) is 0 Å². The van der Waals surface area contributed by atoms with Gasteiger partial charge in [0.2, 0.25) is 0 Å². The first kappa shape index (κ1) is 39.4. The second kappa shape index (κ2) is 16.7. The third kappa shape index (κ3) is 5.93. The van der Waals surface area contributed by atoms with E-state index in [-0.39, 0.29) is 0 Å². The summed E-state index contributed by atoms with van der Waals surface area (Å²) >= 11 is 0. The molecule has 0 spiro atoms. The lowest BCUT2D eigenvalue weighted by Crippen LogP contribution is -3.04. The van der Waals surface area contributed by atoms with Gasteiger partial charge in [-0.05, 0) is 35.5 Å². The highest BCUT2D eigenvalue weighted by atomic mass is 29.6. The molecule has 0 fully saturated rings. The number of para-hydroxylation sites is 1. The lowest BCUT2D eigenvalue weighted by molar-refractivity contribution is 1.14. The van der Waals surface area contributed by atoms with Crippen molar-refractivity contribution in [3.63, 3.8) is 0 Å². The number of nitrogens with zero attached hydrogens (tertiary/aromatic N) is 2. The second-order valence-electron chi connectivity index (χ2n) is 16.6. The fraction of sp³-hybridized carbons (Fsp3) is 0. The molecule has 2 heterocycles. The van der Waals surface area contributed by atoms with E-state index in [2.05, 4.69) is 278 Å². The van der Waals surface area contributed by atoms with Gasteiger partial charge in [0, 0.05) is 22.7 Å². The molecule has 0 unspecified atom stereocenters. The van der Waals surface area contributed by atoms with Crippen LogP contribution in [0.25, 0.3) is 27.6 Å². The molecule has 2 nitrogen and oxygen atoms in total. The lowest BCUT2D eigenvalue weighted by atomic mass is 10.2. The van der Waals surface area contributed by atoms with Crippen LogP contribution in [0, 0.1) is 0 Å². The first-order valence-electron chi connectivity index (χ1n) is 22.1. The first-order valence-corrected chi connectivity index (χ1v) is 30.1. The zero-order chi connectivity index (χ0) is 42.8. The summed E-state index contributed by atoms with van der Waals surface area (Å²) in [5.74, 6) is 0. The van der Waals surface area contributed by atoms with Gasteiger partial charge in [-0.15, -0.1) is 0 Å². The molecule has 64 heavy (non-hydrogen) atoms. The van der Waals surface area contributed by atoms with Crippen LogP contribution in [-0.4, -0.2) is 31.8 Å². The van der Waals surface area contributed by atoms with E-state index in [9.17, 15) is 0 Å². The van der Waals surface area contributed by atoms with Crippen molar-refractivity contribution in [2.45, 2.75) is 0 Å². The molecule has 0 saturated carbocycles. The Kier molecular flexibility index (Phi) is 10.3. The monoisotopic (exact) mass is 866 g/mol. The summed E-state index contributed by atoms with van der Waals surface area (Å²) in [6, 6.07) is 105. The molecule has 0 radical (unpaired) electrons. The van der Waals surface area contributed by atoms with Gasteiger partial charge >= 0.3 is 0 Å². The third-order valence-electron chi connectivity index (χ3n) is 13.5. The lowest BCUT2D eigenvalue weighted by Gasteiger charge is -2.59. The van der Waals surface area contributed by atoms with Crippen LogP contribution in [0.5, 0.6) is 0 Å². The van der Waals surface area contributed by atoms with Gasteiger partial charge in [-0.25, -0.2) is 4.98 Å². The molecule has 11 aromatic rings. The highest BCUT2D eigenvalue weighted by Crippen LogP contribution is 2.34. The average Bonchev–Trinajstić information content (AvgIpc) is 3.73. The number of aromatic nitrogens is 2. The molecule has 0 atom stereocenters. The number of hydrogen-bond donors (Lipinski definition) is 0. The van der Waals surface area contributed by atoms with Crippen molar-refractivity contribution >= 4 is 85.7 Å². The minimum Gasteiger partial charge on any atom is -0.294 e. The molecule has 0 aliphatic carbocycles. The van der Waals surface area contributed by atoms with E-state index < -0.39 is 22.3 Å². The molecule has 0 aliphatic heterocycles. The highest BCUT2D eigenvalue weighted by molar-refractivity contribution is 7.89. The Labute approximate surface area is 378 Å². The Balaban J connectivity index is 1.44. The van der Waals surface area contributed by atoms with E-state index in [1.54, 1.807) is 0 Å². The smallest absolute Gasteiger partial charge is 0.148 e. The molecule has 0 aliphatic rings. The van der Waals surface area contributed by atoms with Crippen LogP contribution >= 0.6 is 0 Å². The zero-order valence-electron chi connectivity index (χ0n) is 35.5. The summed E-state index contributed by atoms with van der Waals surface area (Å²) in [4.78, 5) is 5.09. The quantitative estimate of drug-likeness (QED) is 0.0948. The summed E-state index contributed by atoms with van der Waals surface area (Å²) in [6.45, 7) is 0. The summed E-state index contributed by atoms with van der Waals surface area (Å²) < 4.78 is 2.40. The molecular formula is C59H46N2Si3. The minimum absolute atomic E-state index is 0.962. The maximum Gasteiger partial charge on any atom is 0.148 e. The van der Waals surface area contributed by atoms with Gasteiger partial charge in [-0.2, -0.15) is 0 Å². The summed E-state index contributed by atoms with van der Waals surface area (Å²) in [5, 5.41) is 13.7. The van der Waals surface area contributed by atoms with Crippen molar-refractivity contribution in [2.24, 2.45) is 0 Å². The van der Waals surface area contributed by atoms with E-state index in [4.69, 9.17) is 4.98 Å². The van der Waals surface area contributed by atoms with Crippen molar-refractivity contribution in [3.8, 4) is 5.69 Å². The van der Waals surface area contributed by atoms with Crippen LogP contribution < -0.4 is 41.5 Å². The first-order chi connectivity index (χ1) is 31.8. The van der Waals surface area contributed by atoms with Crippen LogP contribution in [0.15, 0.2) is 279 Å². The Morgan fingerprint density at radius 1 is 0.281 bits per heavy atom. The van der Waals surface area contributed by atoms with Gasteiger partial charge < -0.3 is 0 Å². The Bertz CT molecular complexity index is 3080. The molecular weight excluding hydrogens is 821 g/mol. The summed E-state index contributed by atoms with van der Waals surface area (Å²) in [5.41, 5.74) is 3.22. The molecule has 0 bridgehead atoms. The normalized spacial score (nSPS) is 12.1. The predicted molar refractivity (Wildman–Crippen MR) is 278 cm³/mol. The van der Waals surface area contributed by atoms with Crippen molar-refractivity contribution in [1.29, 1.82) is 0 Å². The highest BCUT2D eigenvalue weighted by Gasteiger charge is 2.72. The number of pyridine rings is 1. The number of fused-ring (bicyclic) bond motifs is 3. The third-order valence-corrected chi connectivity index (χ3v) is 47.5. The van der Waals surface area contributed by atoms with E-state index in [1.165, 1.54) is 46.9 Å². The van der Waals surface area contributed by atoms with Crippen molar-refractivity contribution in [1.82, 2.24) is 9.55 Å². The van der Waals surface area contributed by atoms with Crippen LogP contribution in [0.2, 0.25) is 0 Å². The topological polar surface area (TPSA) is 17.8 Å². The van der Waals surface area contributed by atoms with Gasteiger partial charge in [0.15, 0.2) is 0 Å². The van der Waals surface area contributed by atoms with Gasteiger partial charge in [-0.3, -0.25) is 4.57 Å². The van der Waals surface area contributed by atoms with Crippen molar-refractivity contribution in [2.75, 3.05) is 0 Å². The Morgan fingerprint density at radius 3 is 1.06 bits per heavy atom. The molecule has 11 rings (SSSR count). The fourth-order valence-corrected chi connectivity index (χ4v) is 56.7. The number of hydrogen-bond acceptors (Lipinski definition) is 1. The summed E-state index contributed by atoms with van der Waals surface area (Å²) in [6.07, 6.45) is 1.93. The van der Waals surface area contributed by atoms with E-state index in [0.717, 1.165) is 22.2 Å². The number of benzene rings is 9. The molecule has 2 aromatic heterocycles. The maximum atomic E-state index is 5.09. The molecule has 9 aromatic carbocycles. The standard InChI is InChI=1S/C59H46N2Si3/c1-8-27-48(28-9-1)62(49-29-10-2-11-30-49,50-31-12-3-13-32-50)64(53-37-18-6-19-38-53,54-39-20-7-21-40-54)63(51-33-14-4-15-34-51,52-35-16-5-17-36-52)55-41-24-26-47(46-55)61-58-44-23-22-42-56(58)57-43-25-45-60-59(57)61/h1-46H. The Hall–Kier alpha value is -7.42. The van der Waals surface area contributed by atoms with E-state index in [0.29, 0.717) is 0 Å². The van der Waals surface area contributed by atoms with Gasteiger partial charge in [0.05, 0.1) is 5.52 Å². The average molecular weight is 867 g/mol. The molecule has 5 heteroatoms. The second-order valence-corrected chi connectivity index (χ2v) is 36.2.